The number of alkyl halides is 2. The van der Waals surface area contributed by atoms with Gasteiger partial charge in [0.05, 0.1) is 11.3 Å². The van der Waals surface area contributed by atoms with Gasteiger partial charge in [0.1, 0.15) is 11.9 Å². The van der Waals surface area contributed by atoms with Crippen molar-refractivity contribution in [2.24, 2.45) is 5.92 Å². The van der Waals surface area contributed by atoms with Crippen LogP contribution in [0.25, 0.3) is 11.1 Å². The molecule has 1 aliphatic heterocycles. The summed E-state index contributed by atoms with van der Waals surface area (Å²) in [6.45, 7) is 3.01. The number of nitrogens with zero attached hydrogens (tertiary/aromatic N) is 1. The van der Waals surface area contributed by atoms with Crippen LogP contribution in [0.5, 0.6) is 5.75 Å². The molecule has 0 aromatic heterocycles. The van der Waals surface area contributed by atoms with E-state index in [9.17, 15) is 49.8 Å². The van der Waals surface area contributed by atoms with Gasteiger partial charge in [0, 0.05) is 11.6 Å². The van der Waals surface area contributed by atoms with E-state index in [1.54, 1.807) is 0 Å². The molecule has 2 aromatic carbocycles. The van der Waals surface area contributed by atoms with Crippen molar-refractivity contribution in [3.05, 3.63) is 47.0 Å². The molecule has 0 spiro atoms. The summed E-state index contributed by atoms with van der Waals surface area (Å²) >= 11 is 0. The second kappa shape index (κ2) is 8.19. The van der Waals surface area contributed by atoms with E-state index in [1.165, 1.54) is 13.8 Å². The smallest absolute Gasteiger partial charge is 0.480 e. The van der Waals surface area contributed by atoms with Gasteiger partial charge in [0.2, 0.25) is 5.82 Å². The predicted molar refractivity (Wildman–Crippen MR) is 95.6 cm³/mol. The minimum absolute atomic E-state index is 0.0379. The molecule has 0 radical (unpaired) electrons. The largest absolute Gasteiger partial charge is 0.483 e. The maximum absolute atomic E-state index is 14.6. The normalized spacial score (nSPS) is 16.0. The second-order valence-corrected chi connectivity index (χ2v) is 7.52. The summed E-state index contributed by atoms with van der Waals surface area (Å²) < 4.78 is 116. The van der Waals surface area contributed by atoms with Crippen molar-refractivity contribution >= 4 is 17.6 Å². The van der Waals surface area contributed by atoms with Gasteiger partial charge in [-0.2, -0.15) is 8.78 Å². The fourth-order valence-electron chi connectivity index (χ4n) is 3.35. The first-order valence-corrected chi connectivity index (χ1v) is 9.17. The topological polar surface area (TPSA) is 66.8 Å². The lowest BCUT2D eigenvalue weighted by atomic mass is 9.98. The highest BCUT2D eigenvalue weighted by Gasteiger charge is 2.54. The van der Waals surface area contributed by atoms with Gasteiger partial charge in [0.25, 0.3) is 0 Å². The summed E-state index contributed by atoms with van der Waals surface area (Å²) in [6.07, 6.45) is -5.01. The van der Waals surface area contributed by atoms with Crippen LogP contribution in [0.3, 0.4) is 0 Å². The number of halogens is 8. The number of hydrogen-bond acceptors (Lipinski definition) is 3. The molecule has 1 heterocycles. The summed E-state index contributed by atoms with van der Waals surface area (Å²) in [4.78, 5) is 24.1. The molecule has 2 aromatic rings. The molecule has 0 unspecified atom stereocenters. The zero-order valence-electron chi connectivity index (χ0n) is 16.7. The molecule has 33 heavy (non-hydrogen) atoms. The number of carbonyl (C=O) groups excluding carboxylic acids is 1. The number of carbonyl (C=O) groups is 2. The first-order valence-electron chi connectivity index (χ1n) is 9.17. The molecule has 1 aliphatic rings. The average Bonchev–Trinajstić information content (AvgIpc) is 2.71. The first-order chi connectivity index (χ1) is 15.2. The van der Waals surface area contributed by atoms with Crippen LogP contribution < -0.4 is 9.64 Å². The third kappa shape index (κ3) is 3.95. The highest BCUT2D eigenvalue weighted by molar-refractivity contribution is 6.05. The van der Waals surface area contributed by atoms with Crippen LogP contribution in [0.2, 0.25) is 0 Å². The molecule has 0 aliphatic carbocycles. The molecule has 1 N–H and O–H groups in total. The third-order valence-electron chi connectivity index (χ3n) is 4.78. The lowest BCUT2D eigenvalue weighted by molar-refractivity contribution is -0.194. The van der Waals surface area contributed by atoms with Crippen molar-refractivity contribution in [2.45, 2.75) is 32.4 Å². The number of benzene rings is 2. The predicted octanol–water partition coefficient (Wildman–Crippen LogP) is 5.01. The Kier molecular flexibility index (Phi) is 6.03. The minimum atomic E-state index is -4.63. The van der Waals surface area contributed by atoms with Crippen LogP contribution in [-0.4, -0.2) is 29.1 Å². The maximum Gasteiger partial charge on any atom is 0.483 e. The molecule has 0 saturated carbocycles. The summed E-state index contributed by atoms with van der Waals surface area (Å²) in [6, 6.07) is -1.52. The van der Waals surface area contributed by atoms with Crippen LogP contribution in [0.4, 0.5) is 40.8 Å². The second-order valence-electron chi connectivity index (χ2n) is 7.52. The van der Waals surface area contributed by atoms with E-state index in [1.807, 2.05) is 0 Å². The Bertz CT molecular complexity index is 1140. The van der Waals surface area contributed by atoms with Crippen LogP contribution >= 0.6 is 0 Å². The molecule has 1 atom stereocenters. The summed E-state index contributed by atoms with van der Waals surface area (Å²) in [5.41, 5.74) is -3.91. The standard InChI is InChI=1S/C20H13F8NO4/c1-6(2)3-10(18(30)31)29-9-4-7(8(21)5-11(9)33-20(27,28)19(29)32)12-13(22)15(24)17(26)16(25)14(12)23/h4-6,10H,3H2,1-2H3,(H,30,31)/t10-/m0/s1. The first kappa shape index (κ1) is 24.3. The molecule has 0 fully saturated rings. The van der Waals surface area contributed by atoms with Crippen molar-refractivity contribution in [1.29, 1.82) is 0 Å². The monoisotopic (exact) mass is 483 g/mol. The Labute approximate surface area is 180 Å². The summed E-state index contributed by atoms with van der Waals surface area (Å²) in [5, 5.41) is 9.51. The maximum atomic E-state index is 14.6. The molecule has 0 saturated heterocycles. The zero-order chi connectivity index (χ0) is 25.0. The molecule has 178 valence electrons. The molecular formula is C20H13F8NO4. The minimum Gasteiger partial charge on any atom is -0.480 e. The van der Waals surface area contributed by atoms with Gasteiger partial charge >= 0.3 is 18.0 Å². The molecular weight excluding hydrogens is 470 g/mol. The number of anilines is 1. The number of carboxylic acid groups (broad SMARTS) is 1. The van der Waals surface area contributed by atoms with Crippen LogP contribution in [-0.2, 0) is 9.59 Å². The van der Waals surface area contributed by atoms with Crippen LogP contribution in [0, 0.1) is 40.8 Å². The average molecular weight is 483 g/mol. The Morgan fingerprint density at radius 2 is 1.52 bits per heavy atom. The van der Waals surface area contributed by atoms with Crippen molar-refractivity contribution in [1.82, 2.24) is 0 Å². The zero-order valence-corrected chi connectivity index (χ0v) is 16.7. The fraction of sp³-hybridized carbons (Fsp3) is 0.300. The van der Waals surface area contributed by atoms with Gasteiger partial charge in [-0.3, -0.25) is 9.69 Å². The van der Waals surface area contributed by atoms with Crippen LogP contribution in [0.15, 0.2) is 12.1 Å². The highest BCUT2D eigenvalue weighted by atomic mass is 19.3. The van der Waals surface area contributed by atoms with E-state index in [4.69, 9.17) is 0 Å². The van der Waals surface area contributed by atoms with Gasteiger partial charge in [-0.1, -0.05) is 13.8 Å². The van der Waals surface area contributed by atoms with Gasteiger partial charge < -0.3 is 9.84 Å². The number of ether oxygens (including phenoxy) is 1. The quantitative estimate of drug-likeness (QED) is 0.369. The van der Waals surface area contributed by atoms with Gasteiger partial charge in [0.15, 0.2) is 29.0 Å². The number of aliphatic carboxylic acids is 1. The number of amides is 1. The molecule has 3 rings (SSSR count). The SMILES string of the molecule is CC(C)C[C@@H](C(=O)O)N1C(=O)C(F)(F)Oc2cc(F)c(-c3c(F)c(F)c(F)c(F)c3F)cc21. The van der Waals surface area contributed by atoms with Crippen molar-refractivity contribution < 1.29 is 54.6 Å². The molecule has 1 amide bonds. The Balaban J connectivity index is 2.34. The van der Waals surface area contributed by atoms with Gasteiger partial charge in [-0.15, -0.1) is 0 Å². The molecule has 13 heteroatoms. The number of rotatable bonds is 5. The highest BCUT2D eigenvalue weighted by Crippen LogP contribution is 2.45. The Morgan fingerprint density at radius 3 is 2.00 bits per heavy atom. The van der Waals surface area contributed by atoms with E-state index >= 15 is 0 Å². The van der Waals surface area contributed by atoms with Crippen molar-refractivity contribution in [3.63, 3.8) is 0 Å². The summed E-state index contributed by atoms with van der Waals surface area (Å²) in [7, 11) is 0. The third-order valence-corrected chi connectivity index (χ3v) is 4.78. The summed E-state index contributed by atoms with van der Waals surface area (Å²) in [5.74, 6) is -19.4. The molecule has 5 nitrogen and oxygen atoms in total. The van der Waals surface area contributed by atoms with Gasteiger partial charge in [-0.25, -0.2) is 31.1 Å². The van der Waals surface area contributed by atoms with E-state index in [-0.39, 0.29) is 17.4 Å². The van der Waals surface area contributed by atoms with Crippen molar-refractivity contribution in [3.8, 4) is 16.9 Å². The van der Waals surface area contributed by atoms with E-state index in [0.29, 0.717) is 6.07 Å². The van der Waals surface area contributed by atoms with Crippen LogP contribution in [0.1, 0.15) is 20.3 Å². The number of fused-ring (bicyclic) bond motifs is 1. The number of hydrogen-bond donors (Lipinski definition) is 1. The van der Waals surface area contributed by atoms with E-state index in [0.717, 1.165) is 0 Å². The lowest BCUT2D eigenvalue weighted by Gasteiger charge is -2.37. The fourth-order valence-corrected chi connectivity index (χ4v) is 3.35. The van der Waals surface area contributed by atoms with E-state index < -0.39 is 87.4 Å². The Hall–Kier alpha value is -3.38. The number of carboxylic acids is 1. The lowest BCUT2D eigenvalue weighted by Crippen LogP contribution is -2.57. The Morgan fingerprint density at radius 1 is 1.00 bits per heavy atom. The van der Waals surface area contributed by atoms with Crippen molar-refractivity contribution in [2.75, 3.05) is 4.90 Å². The van der Waals surface area contributed by atoms with E-state index in [2.05, 4.69) is 4.74 Å². The molecule has 0 bridgehead atoms. The van der Waals surface area contributed by atoms with Gasteiger partial charge in [-0.05, 0) is 18.4 Å².